The Morgan fingerprint density at radius 3 is 1.80 bits per heavy atom. The number of para-hydroxylation sites is 1. The molecule has 0 aliphatic rings. The topological polar surface area (TPSA) is 263 Å². The number of likely N-dealkylation sites (N-methyl/N-ethyl adjacent to an activating group) is 2. The molecule has 2 amide bonds. The summed E-state index contributed by atoms with van der Waals surface area (Å²) in [4.78, 5) is 81.6. The smallest absolute Gasteiger partial charge is 0.344 e. The minimum atomic E-state index is -5.08. The van der Waals surface area contributed by atoms with Crippen molar-refractivity contribution in [2.45, 2.75) is 64.7 Å². The van der Waals surface area contributed by atoms with Gasteiger partial charge in [0.25, 0.3) is 22.6 Å². The Morgan fingerprint density at radius 2 is 1.25 bits per heavy atom. The van der Waals surface area contributed by atoms with Crippen molar-refractivity contribution in [2.24, 2.45) is 5.41 Å². The first-order chi connectivity index (χ1) is 37.6. The van der Waals surface area contributed by atoms with Crippen LogP contribution in [0.5, 0.6) is 0 Å². The van der Waals surface area contributed by atoms with Crippen LogP contribution in [0, 0.1) is 5.41 Å². The van der Waals surface area contributed by atoms with Crippen LogP contribution in [0.2, 0.25) is 0 Å². The molecule has 0 saturated heterocycles. The zero-order valence-electron chi connectivity index (χ0n) is 42.2. The maximum absolute atomic E-state index is 14.6. The molecule has 0 spiro atoms. The van der Waals surface area contributed by atoms with Crippen LogP contribution < -0.4 is 21.6 Å². The molecule has 0 bridgehead atoms. The van der Waals surface area contributed by atoms with E-state index < -0.39 is 76.5 Å². The number of aromatic amines is 2. The van der Waals surface area contributed by atoms with Crippen molar-refractivity contribution in [3.63, 3.8) is 0 Å². The molecule has 1 unspecified atom stereocenters. The molecule has 9 rings (SSSR count). The predicted octanol–water partition coefficient (Wildman–Crippen LogP) is 8.01. The van der Waals surface area contributed by atoms with E-state index in [1.807, 2.05) is 20.8 Å². The summed E-state index contributed by atoms with van der Waals surface area (Å²) in [6.45, 7) is 6.29. The van der Waals surface area contributed by atoms with Crippen LogP contribution in [0.4, 0.5) is 45.2 Å². The van der Waals surface area contributed by atoms with Crippen LogP contribution in [-0.2, 0) is 47.5 Å². The summed E-state index contributed by atoms with van der Waals surface area (Å²) >= 11 is 0. The van der Waals surface area contributed by atoms with Gasteiger partial charge in [0.15, 0.2) is 0 Å². The van der Waals surface area contributed by atoms with E-state index in [1.54, 1.807) is 61.8 Å². The van der Waals surface area contributed by atoms with Crippen LogP contribution in [0.1, 0.15) is 61.2 Å². The first-order valence-electron chi connectivity index (χ1n) is 23.5. The van der Waals surface area contributed by atoms with Gasteiger partial charge in [0.2, 0.25) is 23.4 Å². The minimum absolute atomic E-state index is 0.0704. The molecule has 0 aliphatic carbocycles. The van der Waals surface area contributed by atoms with Gasteiger partial charge in [-0.1, -0.05) is 66.6 Å². The van der Waals surface area contributed by atoms with Crippen molar-refractivity contribution >= 4 is 28.4 Å². The van der Waals surface area contributed by atoms with E-state index in [9.17, 15) is 63.5 Å². The van der Waals surface area contributed by atoms with E-state index >= 15 is 0 Å². The number of nitrogens with zero attached hydrogens (tertiary/aromatic N) is 11. The largest absolute Gasteiger partial charge is 0.471 e. The van der Waals surface area contributed by atoms with Crippen LogP contribution in [0.3, 0.4) is 0 Å². The van der Waals surface area contributed by atoms with Gasteiger partial charge in [-0.15, -0.1) is 0 Å². The lowest BCUT2D eigenvalue weighted by Gasteiger charge is -2.27. The number of alkyl halides is 9. The number of carbonyl (C=O) groups excluding carboxylic acids is 2. The monoisotopic (exact) mass is 1120 g/mol. The van der Waals surface area contributed by atoms with E-state index in [0.29, 0.717) is 17.7 Å². The zero-order chi connectivity index (χ0) is 58.1. The van der Waals surface area contributed by atoms with Crippen molar-refractivity contribution in [3.05, 3.63) is 163 Å². The number of nitrogens with one attached hydrogen (secondary N) is 2. The normalized spacial score (nSPS) is 12.5. The number of benzene rings is 2. The molecule has 7 aromatic heterocycles. The van der Waals surface area contributed by atoms with Crippen molar-refractivity contribution in [3.8, 4) is 34.2 Å². The highest BCUT2D eigenvalue weighted by atomic mass is 19.4. The number of amides is 2. The molecule has 2 N–H and O–H groups in total. The third kappa shape index (κ3) is 12.7. The van der Waals surface area contributed by atoms with Gasteiger partial charge in [-0.05, 0) is 54.2 Å². The van der Waals surface area contributed by atoms with Gasteiger partial charge < -0.3 is 32.9 Å². The standard InChI is InChI=1S/C34H23F6N9O5.C16H19F3N4O3/c1-48(19-7-3-2-4-8-19)30(52)26(49-13-12-18(14-24(49)50)27-43-31(53-46-27)33(35,36)37)22-15-41-29(51)20(25(22)28-44-32(54-47-28)34(38,39)40)11-10-17-6-5-9-23-21(17)16-42-45-23;1-15(2,3)9-22(4)12(25)8-23-6-5-10(7-11(23)24)13-20-14(26-21-13)16(17,18)19/h2-9,12-16,26H,10-11H2,1H3,(H,41,51)(H,42,45);5-7H,8-9H2,1-4H3. The van der Waals surface area contributed by atoms with E-state index in [1.165, 1.54) is 29.1 Å². The number of anilines is 1. The molecule has 21 nitrogen and oxygen atoms in total. The van der Waals surface area contributed by atoms with Crippen LogP contribution in [-0.4, -0.2) is 92.1 Å². The van der Waals surface area contributed by atoms with Crippen LogP contribution in [0.15, 0.2) is 126 Å². The van der Waals surface area contributed by atoms with Gasteiger partial charge in [0.05, 0.1) is 11.7 Å². The molecule has 80 heavy (non-hydrogen) atoms. The predicted molar refractivity (Wildman–Crippen MR) is 262 cm³/mol. The fraction of sp³-hybridized carbons (Fsp3) is 0.280. The molecule has 9 aromatic rings. The molecular formula is C50H42F9N13O8. The molecule has 7 heterocycles. The second kappa shape index (κ2) is 22.1. The van der Waals surface area contributed by atoms with Crippen molar-refractivity contribution in [1.29, 1.82) is 0 Å². The van der Waals surface area contributed by atoms with Crippen LogP contribution in [0.25, 0.3) is 45.1 Å². The third-order valence-corrected chi connectivity index (χ3v) is 11.9. The lowest BCUT2D eigenvalue weighted by molar-refractivity contribution is -0.160. The van der Waals surface area contributed by atoms with Gasteiger partial charge >= 0.3 is 36.2 Å². The number of aromatic nitrogens is 11. The molecule has 0 saturated carbocycles. The van der Waals surface area contributed by atoms with Gasteiger partial charge in [0.1, 0.15) is 12.6 Å². The van der Waals surface area contributed by atoms with Crippen molar-refractivity contribution < 1.29 is 62.7 Å². The van der Waals surface area contributed by atoms with Crippen LogP contribution >= 0.6 is 0 Å². The minimum Gasteiger partial charge on any atom is -0.344 e. The summed E-state index contributed by atoms with van der Waals surface area (Å²) in [5.41, 5.74) is -1.41. The summed E-state index contributed by atoms with van der Waals surface area (Å²) in [7, 11) is 3.03. The fourth-order valence-corrected chi connectivity index (χ4v) is 8.22. The van der Waals surface area contributed by atoms with Gasteiger partial charge in [0, 0.05) is 90.3 Å². The number of carbonyl (C=O) groups is 2. The van der Waals surface area contributed by atoms with E-state index in [-0.39, 0.29) is 64.4 Å². The maximum atomic E-state index is 14.6. The zero-order valence-corrected chi connectivity index (χ0v) is 42.2. The summed E-state index contributed by atoms with van der Waals surface area (Å²) in [5, 5.41) is 17.7. The number of hydrogen-bond donors (Lipinski definition) is 2. The second-order valence-electron chi connectivity index (χ2n) is 18.9. The molecular weight excluding hydrogens is 1080 g/mol. The Labute approximate surface area is 442 Å². The number of fused-ring (bicyclic) bond motifs is 1. The molecule has 2 aromatic carbocycles. The molecule has 30 heteroatoms. The highest BCUT2D eigenvalue weighted by Gasteiger charge is 2.42. The summed E-state index contributed by atoms with van der Waals surface area (Å²) in [6.07, 6.45) is -9.78. The summed E-state index contributed by atoms with van der Waals surface area (Å²) in [5.74, 6) is -7.59. The van der Waals surface area contributed by atoms with Gasteiger partial charge in [-0.25, -0.2) is 0 Å². The van der Waals surface area contributed by atoms with Gasteiger partial charge in [-0.3, -0.25) is 33.6 Å². The Balaban J connectivity index is 0.000000271. The SMILES string of the molecule is CN(C(=O)C(c1c[nH]c(=O)c(CCc2cccc3[nH]ncc23)c1-c1noc(C(F)(F)F)n1)n1ccc(-c2noc(C(F)(F)F)n2)cc1=O)c1ccccc1.CN(CC(C)(C)C)C(=O)Cn1ccc(-c2noc(C(F)(F)F)n2)cc1=O. The van der Waals surface area contributed by atoms with Gasteiger partial charge in [-0.2, -0.15) is 59.6 Å². The number of H-pyrrole nitrogens is 2. The molecule has 418 valence electrons. The number of halogens is 9. The lowest BCUT2D eigenvalue weighted by Crippen LogP contribution is -2.39. The second-order valence-corrected chi connectivity index (χ2v) is 18.9. The Kier molecular flexibility index (Phi) is 15.6. The lowest BCUT2D eigenvalue weighted by atomic mass is 9.92. The van der Waals surface area contributed by atoms with Crippen molar-refractivity contribution in [2.75, 3.05) is 25.5 Å². The van der Waals surface area contributed by atoms with Crippen molar-refractivity contribution in [1.82, 2.24) is 59.6 Å². The molecule has 0 radical (unpaired) electrons. The van der Waals surface area contributed by atoms with E-state index in [4.69, 9.17) is 0 Å². The number of pyridine rings is 3. The van der Waals surface area contributed by atoms with E-state index in [0.717, 1.165) is 50.7 Å². The maximum Gasteiger partial charge on any atom is 0.471 e. The molecule has 0 aliphatic heterocycles. The highest BCUT2D eigenvalue weighted by Crippen LogP contribution is 2.36. The number of rotatable bonds is 13. The average Bonchev–Trinajstić information content (AvgIpc) is 4.25. The Morgan fingerprint density at radius 1 is 0.688 bits per heavy atom. The Hall–Kier alpha value is -9.51. The Bertz CT molecular complexity index is 3890. The first-order valence-corrected chi connectivity index (χ1v) is 23.5. The molecule has 0 fully saturated rings. The quantitative estimate of drug-likeness (QED) is 0.104. The van der Waals surface area contributed by atoms with E-state index in [2.05, 4.69) is 59.2 Å². The fourth-order valence-electron chi connectivity index (χ4n) is 8.22. The summed E-state index contributed by atoms with van der Waals surface area (Å²) in [6, 6.07) is 16.1. The third-order valence-electron chi connectivity index (χ3n) is 11.9. The number of aryl methyl sites for hydroxylation is 1. The highest BCUT2D eigenvalue weighted by molar-refractivity contribution is 5.98. The summed E-state index contributed by atoms with van der Waals surface area (Å²) < 4.78 is 133. The first kappa shape index (κ1) is 56.7. The number of hydrogen-bond acceptors (Lipinski definition) is 15. The molecule has 1 atom stereocenters. The average molecular weight is 1120 g/mol.